The Bertz CT molecular complexity index is 875. The van der Waals surface area contributed by atoms with Gasteiger partial charge in [-0.3, -0.25) is 4.79 Å². The Balaban J connectivity index is 1.92. The maximum absolute atomic E-state index is 12.2. The molecule has 2 aromatic rings. The van der Waals surface area contributed by atoms with Crippen molar-refractivity contribution in [2.75, 3.05) is 0 Å². The molecule has 6 heteroatoms. The Morgan fingerprint density at radius 1 is 1.20 bits per heavy atom. The summed E-state index contributed by atoms with van der Waals surface area (Å²) in [6.45, 7) is 0. The molecular weight excluding hydrogens is 375 g/mol. The van der Waals surface area contributed by atoms with Crippen molar-refractivity contribution < 1.29 is 4.79 Å². The van der Waals surface area contributed by atoms with E-state index >= 15 is 0 Å². The van der Waals surface area contributed by atoms with Crippen LogP contribution in [0.3, 0.4) is 0 Å². The lowest BCUT2D eigenvalue weighted by atomic mass is 9.87. The number of benzene rings is 2. The van der Waals surface area contributed by atoms with Gasteiger partial charge in [0.05, 0.1) is 16.7 Å². The summed E-state index contributed by atoms with van der Waals surface area (Å²) in [4.78, 5) is 12.2. The van der Waals surface area contributed by atoms with Crippen LogP contribution in [0.4, 0.5) is 0 Å². The van der Waals surface area contributed by atoms with Crippen LogP contribution in [-0.4, -0.2) is 5.91 Å². The van der Waals surface area contributed by atoms with Crippen LogP contribution in [0.5, 0.6) is 0 Å². The first-order chi connectivity index (χ1) is 12.1. The van der Waals surface area contributed by atoms with Crippen LogP contribution in [-0.2, 0) is 10.5 Å². The van der Waals surface area contributed by atoms with Crippen molar-refractivity contribution >= 4 is 40.9 Å². The largest absolute Gasteiger partial charge is 0.320 e. The minimum absolute atomic E-state index is 0.120. The molecule has 3 nitrogen and oxygen atoms in total. The molecule has 0 saturated carbocycles. The first-order valence-corrected chi connectivity index (χ1v) is 9.38. The lowest BCUT2D eigenvalue weighted by Crippen LogP contribution is -2.31. The second kappa shape index (κ2) is 7.97. The van der Waals surface area contributed by atoms with Gasteiger partial charge < -0.3 is 5.32 Å². The number of carbonyl (C=O) groups is 1. The quantitative estimate of drug-likeness (QED) is 0.776. The standard InChI is InChI=1S/C19H14Cl2N2OS/c20-13-6-7-14(17(21)8-13)15-9-18(24)23-19(16(15)10-22)25-11-12-4-2-1-3-5-12/h1-8,15H,9,11H2,(H,23,24)/t15-/m0/s1. The Morgan fingerprint density at radius 2 is 1.96 bits per heavy atom. The molecule has 0 fully saturated rings. The summed E-state index contributed by atoms with van der Waals surface area (Å²) >= 11 is 13.7. The smallest absolute Gasteiger partial charge is 0.225 e. The summed E-state index contributed by atoms with van der Waals surface area (Å²) in [6, 6.07) is 17.3. The van der Waals surface area contributed by atoms with Crippen molar-refractivity contribution in [3.63, 3.8) is 0 Å². The number of nitrogens with one attached hydrogen (secondary N) is 1. The Labute approximate surface area is 160 Å². The number of carbonyl (C=O) groups excluding carboxylic acids is 1. The van der Waals surface area contributed by atoms with Crippen LogP contribution in [0.25, 0.3) is 0 Å². The molecular formula is C19H14Cl2N2OS. The van der Waals surface area contributed by atoms with Gasteiger partial charge in [-0.15, -0.1) is 11.8 Å². The van der Waals surface area contributed by atoms with Crippen LogP contribution < -0.4 is 5.32 Å². The van der Waals surface area contributed by atoms with Crippen molar-refractivity contribution in [1.82, 2.24) is 5.32 Å². The van der Waals surface area contributed by atoms with Gasteiger partial charge in [0.1, 0.15) is 0 Å². The monoisotopic (exact) mass is 388 g/mol. The van der Waals surface area contributed by atoms with Gasteiger partial charge in [-0.05, 0) is 23.3 Å². The third-order valence-corrected chi connectivity index (χ3v) is 5.57. The normalized spacial score (nSPS) is 17.2. The van der Waals surface area contributed by atoms with Gasteiger partial charge in [-0.25, -0.2) is 0 Å². The molecule has 1 heterocycles. The van der Waals surface area contributed by atoms with Gasteiger partial charge in [0.2, 0.25) is 5.91 Å². The van der Waals surface area contributed by atoms with E-state index in [9.17, 15) is 10.1 Å². The van der Waals surface area contributed by atoms with Crippen molar-refractivity contribution in [2.24, 2.45) is 0 Å². The first-order valence-electron chi connectivity index (χ1n) is 7.64. The fourth-order valence-electron chi connectivity index (χ4n) is 2.71. The van der Waals surface area contributed by atoms with E-state index < -0.39 is 0 Å². The van der Waals surface area contributed by atoms with Gasteiger partial charge in [0.15, 0.2) is 0 Å². The van der Waals surface area contributed by atoms with Crippen LogP contribution in [0.1, 0.15) is 23.5 Å². The molecule has 0 spiro atoms. The first kappa shape index (κ1) is 17.9. The number of nitriles is 1. The molecule has 0 aliphatic carbocycles. The van der Waals surface area contributed by atoms with E-state index in [-0.39, 0.29) is 18.2 Å². The average molecular weight is 389 g/mol. The minimum atomic E-state index is -0.359. The molecule has 1 aliphatic rings. The molecule has 0 unspecified atom stereocenters. The molecule has 1 atom stereocenters. The van der Waals surface area contributed by atoms with Crippen molar-refractivity contribution in [1.29, 1.82) is 5.26 Å². The number of hydrogen-bond donors (Lipinski definition) is 1. The highest BCUT2D eigenvalue weighted by atomic mass is 35.5. The number of thioether (sulfide) groups is 1. The van der Waals surface area contributed by atoms with Crippen LogP contribution in [0, 0.1) is 11.3 Å². The SMILES string of the molecule is N#CC1=C(SCc2ccccc2)NC(=O)C[C@H]1c1ccc(Cl)cc1Cl. The number of allylic oxidation sites excluding steroid dienone is 1. The van der Waals surface area contributed by atoms with Crippen LogP contribution >= 0.6 is 35.0 Å². The lowest BCUT2D eigenvalue weighted by Gasteiger charge is -2.25. The molecule has 0 bridgehead atoms. The molecule has 2 aromatic carbocycles. The molecule has 3 rings (SSSR count). The average Bonchev–Trinajstić information content (AvgIpc) is 2.60. The second-order valence-electron chi connectivity index (χ2n) is 5.60. The van der Waals surface area contributed by atoms with Crippen LogP contribution in [0.15, 0.2) is 59.1 Å². The van der Waals surface area contributed by atoms with E-state index in [2.05, 4.69) is 11.4 Å². The maximum Gasteiger partial charge on any atom is 0.225 e. The van der Waals surface area contributed by atoms with Gasteiger partial charge >= 0.3 is 0 Å². The number of halogens is 2. The van der Waals surface area contributed by atoms with Crippen molar-refractivity contribution in [3.8, 4) is 6.07 Å². The third-order valence-electron chi connectivity index (χ3n) is 3.92. The van der Waals surface area contributed by atoms with E-state index in [4.69, 9.17) is 23.2 Å². The van der Waals surface area contributed by atoms with Gasteiger partial charge in [0, 0.05) is 28.1 Å². The van der Waals surface area contributed by atoms with E-state index in [1.54, 1.807) is 18.2 Å². The van der Waals surface area contributed by atoms with Gasteiger partial charge in [-0.1, -0.05) is 59.6 Å². The van der Waals surface area contributed by atoms with Crippen molar-refractivity contribution in [3.05, 3.63) is 80.3 Å². The van der Waals surface area contributed by atoms with Crippen molar-refractivity contribution in [2.45, 2.75) is 18.1 Å². The lowest BCUT2D eigenvalue weighted by molar-refractivity contribution is -0.120. The molecule has 1 amide bonds. The van der Waals surface area contributed by atoms with E-state index in [0.717, 1.165) is 11.1 Å². The summed E-state index contributed by atoms with van der Waals surface area (Å²) in [6.07, 6.45) is 0.194. The van der Waals surface area contributed by atoms with E-state index in [1.807, 2.05) is 30.3 Å². The third kappa shape index (κ3) is 4.19. The maximum atomic E-state index is 12.2. The predicted octanol–water partition coefficient (Wildman–Crippen LogP) is 5.27. The Kier molecular flexibility index (Phi) is 5.70. The highest BCUT2D eigenvalue weighted by Gasteiger charge is 2.30. The summed E-state index contributed by atoms with van der Waals surface area (Å²) in [7, 11) is 0. The molecule has 126 valence electrons. The fourth-order valence-corrected chi connectivity index (χ4v) is 4.29. The summed E-state index contributed by atoms with van der Waals surface area (Å²) < 4.78 is 0. The molecule has 0 radical (unpaired) electrons. The molecule has 0 saturated heterocycles. The van der Waals surface area contributed by atoms with E-state index in [1.165, 1.54) is 11.8 Å². The number of nitrogens with zero attached hydrogens (tertiary/aromatic N) is 1. The summed E-state index contributed by atoms with van der Waals surface area (Å²) in [5, 5.41) is 14.1. The predicted molar refractivity (Wildman–Crippen MR) is 102 cm³/mol. The fraction of sp³-hybridized carbons (Fsp3) is 0.158. The summed E-state index contributed by atoms with van der Waals surface area (Å²) in [5.41, 5.74) is 2.40. The topological polar surface area (TPSA) is 52.9 Å². The highest BCUT2D eigenvalue weighted by Crippen LogP contribution is 2.40. The van der Waals surface area contributed by atoms with E-state index in [0.29, 0.717) is 26.4 Å². The Morgan fingerprint density at radius 3 is 2.64 bits per heavy atom. The number of hydrogen-bond acceptors (Lipinski definition) is 3. The number of rotatable bonds is 4. The van der Waals surface area contributed by atoms with Gasteiger partial charge in [-0.2, -0.15) is 5.26 Å². The molecule has 1 N–H and O–H groups in total. The molecule has 25 heavy (non-hydrogen) atoms. The minimum Gasteiger partial charge on any atom is -0.320 e. The molecule has 1 aliphatic heterocycles. The second-order valence-corrected chi connectivity index (χ2v) is 7.43. The zero-order chi connectivity index (χ0) is 17.8. The number of amides is 1. The zero-order valence-electron chi connectivity index (χ0n) is 13.1. The molecule has 0 aromatic heterocycles. The van der Waals surface area contributed by atoms with Crippen LogP contribution in [0.2, 0.25) is 10.0 Å². The highest BCUT2D eigenvalue weighted by molar-refractivity contribution is 8.02. The zero-order valence-corrected chi connectivity index (χ0v) is 15.5. The Hall–Kier alpha value is -1.93. The summed E-state index contributed by atoms with van der Waals surface area (Å²) in [5.74, 6) is 0.190. The van der Waals surface area contributed by atoms with Gasteiger partial charge in [0.25, 0.3) is 0 Å².